The van der Waals surface area contributed by atoms with E-state index in [1.54, 1.807) is 24.3 Å². The molecule has 0 radical (unpaired) electrons. The molecule has 20 heavy (non-hydrogen) atoms. The third kappa shape index (κ3) is 3.49. The Balaban J connectivity index is 2.08. The quantitative estimate of drug-likeness (QED) is 0.781. The van der Waals surface area contributed by atoms with E-state index in [9.17, 15) is 13.2 Å². The van der Waals surface area contributed by atoms with E-state index in [-0.39, 0.29) is 5.82 Å². The molecule has 1 aromatic heterocycles. The van der Waals surface area contributed by atoms with E-state index in [1.165, 1.54) is 0 Å². The Morgan fingerprint density at radius 3 is 2.45 bits per heavy atom. The Labute approximate surface area is 113 Å². The number of aromatic nitrogens is 2. The second-order valence-corrected chi connectivity index (χ2v) is 4.15. The normalized spacial score (nSPS) is 11.6. The third-order valence-corrected chi connectivity index (χ3v) is 2.55. The Bertz CT molecular complexity index is 549. The maximum atomic E-state index is 12.3. The maximum Gasteiger partial charge on any atom is 0.471 e. The highest BCUT2D eigenvalue weighted by molar-refractivity contribution is 5.55. The average molecular weight is 286 g/mol. The van der Waals surface area contributed by atoms with Crippen molar-refractivity contribution in [3.8, 4) is 17.1 Å². The molecule has 0 aliphatic rings. The molecule has 1 heterocycles. The van der Waals surface area contributed by atoms with E-state index < -0.39 is 12.1 Å². The predicted molar refractivity (Wildman–Crippen MR) is 65.1 cm³/mol. The van der Waals surface area contributed by atoms with Crippen LogP contribution in [0, 0.1) is 0 Å². The molecule has 0 fully saturated rings. The minimum absolute atomic E-state index is 0.0996. The lowest BCUT2D eigenvalue weighted by atomic mass is 10.2. The minimum atomic E-state index is -4.63. The van der Waals surface area contributed by atoms with E-state index in [2.05, 4.69) is 21.6 Å². The van der Waals surface area contributed by atoms with Gasteiger partial charge in [0.1, 0.15) is 5.75 Å². The highest BCUT2D eigenvalue weighted by Crippen LogP contribution is 2.29. The fraction of sp³-hybridized carbons (Fsp3) is 0.385. The van der Waals surface area contributed by atoms with Gasteiger partial charge in [0.2, 0.25) is 5.82 Å². The Hall–Kier alpha value is -2.05. The van der Waals surface area contributed by atoms with Crippen molar-refractivity contribution in [2.75, 3.05) is 6.61 Å². The maximum absolute atomic E-state index is 12.3. The highest BCUT2D eigenvalue weighted by Gasteiger charge is 2.38. The Kier molecular flexibility index (Phi) is 4.26. The molecule has 0 atom stereocenters. The molecule has 0 spiro atoms. The fourth-order valence-electron chi connectivity index (χ4n) is 1.49. The SMILES string of the molecule is CCCCOc1ccc(-c2noc(C(F)(F)F)n2)cc1. The van der Waals surface area contributed by atoms with Gasteiger partial charge in [0.05, 0.1) is 6.61 Å². The fourth-order valence-corrected chi connectivity index (χ4v) is 1.49. The number of alkyl halides is 3. The number of unbranched alkanes of at least 4 members (excludes halogenated alkanes) is 1. The summed E-state index contributed by atoms with van der Waals surface area (Å²) in [7, 11) is 0. The van der Waals surface area contributed by atoms with Crippen LogP contribution >= 0.6 is 0 Å². The van der Waals surface area contributed by atoms with Gasteiger partial charge in [0.15, 0.2) is 0 Å². The molecule has 108 valence electrons. The van der Waals surface area contributed by atoms with Crippen LogP contribution in [0.25, 0.3) is 11.4 Å². The molecule has 0 unspecified atom stereocenters. The van der Waals surface area contributed by atoms with E-state index in [1.807, 2.05) is 0 Å². The largest absolute Gasteiger partial charge is 0.494 e. The van der Waals surface area contributed by atoms with Crippen molar-refractivity contribution in [1.29, 1.82) is 0 Å². The molecule has 2 rings (SSSR count). The molecule has 0 amide bonds. The van der Waals surface area contributed by atoms with Gasteiger partial charge in [-0.2, -0.15) is 18.2 Å². The number of ether oxygens (including phenoxy) is 1. The molecule has 0 N–H and O–H groups in total. The van der Waals surface area contributed by atoms with Crippen molar-refractivity contribution in [3.05, 3.63) is 30.2 Å². The Morgan fingerprint density at radius 1 is 1.20 bits per heavy atom. The topological polar surface area (TPSA) is 48.2 Å². The summed E-state index contributed by atoms with van der Waals surface area (Å²) < 4.78 is 46.6. The number of halogens is 3. The zero-order valence-corrected chi connectivity index (χ0v) is 10.8. The van der Waals surface area contributed by atoms with Gasteiger partial charge in [0.25, 0.3) is 0 Å². The lowest BCUT2D eigenvalue weighted by Gasteiger charge is -2.05. The third-order valence-electron chi connectivity index (χ3n) is 2.55. The van der Waals surface area contributed by atoms with E-state index in [4.69, 9.17) is 4.74 Å². The zero-order valence-electron chi connectivity index (χ0n) is 10.8. The molecule has 4 nitrogen and oxygen atoms in total. The molecule has 0 aliphatic carbocycles. The number of nitrogens with zero attached hydrogens (tertiary/aromatic N) is 2. The standard InChI is InChI=1S/C13H13F3N2O2/c1-2-3-8-19-10-6-4-9(5-7-10)11-17-12(20-18-11)13(14,15)16/h4-7H,2-3,8H2,1H3. The van der Waals surface area contributed by atoms with Crippen molar-refractivity contribution in [2.24, 2.45) is 0 Å². The first-order valence-corrected chi connectivity index (χ1v) is 6.15. The van der Waals surface area contributed by atoms with E-state index in [0.29, 0.717) is 17.9 Å². The first-order chi connectivity index (χ1) is 9.50. The van der Waals surface area contributed by atoms with Crippen LogP contribution in [0.15, 0.2) is 28.8 Å². The summed E-state index contributed by atoms with van der Waals surface area (Å²) in [4.78, 5) is 3.31. The van der Waals surface area contributed by atoms with Crippen LogP contribution in [0.1, 0.15) is 25.7 Å². The zero-order chi connectivity index (χ0) is 14.6. The van der Waals surface area contributed by atoms with Crippen molar-refractivity contribution in [3.63, 3.8) is 0 Å². The van der Waals surface area contributed by atoms with Crippen LogP contribution in [-0.4, -0.2) is 16.7 Å². The van der Waals surface area contributed by atoms with Gasteiger partial charge >= 0.3 is 12.1 Å². The minimum Gasteiger partial charge on any atom is -0.494 e. The van der Waals surface area contributed by atoms with Crippen molar-refractivity contribution < 1.29 is 22.4 Å². The van der Waals surface area contributed by atoms with Crippen LogP contribution in [0.5, 0.6) is 5.75 Å². The van der Waals surface area contributed by atoms with Crippen LogP contribution in [-0.2, 0) is 6.18 Å². The second kappa shape index (κ2) is 5.94. The van der Waals surface area contributed by atoms with Crippen molar-refractivity contribution in [2.45, 2.75) is 25.9 Å². The summed E-state index contributed by atoms with van der Waals surface area (Å²) in [5, 5.41) is 3.31. The van der Waals surface area contributed by atoms with Gasteiger partial charge < -0.3 is 9.26 Å². The second-order valence-electron chi connectivity index (χ2n) is 4.15. The van der Waals surface area contributed by atoms with Crippen LogP contribution in [0.4, 0.5) is 13.2 Å². The van der Waals surface area contributed by atoms with Gasteiger partial charge in [-0.05, 0) is 30.7 Å². The Morgan fingerprint density at radius 2 is 1.90 bits per heavy atom. The smallest absolute Gasteiger partial charge is 0.471 e. The summed E-state index contributed by atoms with van der Waals surface area (Å²) in [6.45, 7) is 2.66. The summed E-state index contributed by atoms with van der Waals surface area (Å²) in [6.07, 6.45) is -2.66. The summed E-state index contributed by atoms with van der Waals surface area (Å²) in [5.41, 5.74) is 0.437. The van der Waals surface area contributed by atoms with Gasteiger partial charge in [-0.3, -0.25) is 0 Å². The van der Waals surface area contributed by atoms with Crippen molar-refractivity contribution >= 4 is 0 Å². The van der Waals surface area contributed by atoms with E-state index in [0.717, 1.165) is 12.8 Å². The van der Waals surface area contributed by atoms with Gasteiger partial charge in [-0.1, -0.05) is 18.5 Å². The number of hydrogen-bond acceptors (Lipinski definition) is 4. The van der Waals surface area contributed by atoms with E-state index >= 15 is 0 Å². The monoisotopic (exact) mass is 286 g/mol. The summed E-state index contributed by atoms with van der Waals surface area (Å²) in [6, 6.07) is 6.50. The van der Waals surface area contributed by atoms with Crippen LogP contribution < -0.4 is 4.74 Å². The van der Waals surface area contributed by atoms with Crippen LogP contribution in [0.3, 0.4) is 0 Å². The highest BCUT2D eigenvalue weighted by atomic mass is 19.4. The average Bonchev–Trinajstić information content (AvgIpc) is 2.89. The summed E-state index contributed by atoms with van der Waals surface area (Å²) in [5.74, 6) is -0.796. The molecule has 0 saturated heterocycles. The van der Waals surface area contributed by atoms with Gasteiger partial charge in [-0.25, -0.2) is 0 Å². The van der Waals surface area contributed by atoms with Crippen molar-refractivity contribution in [1.82, 2.24) is 10.1 Å². The summed E-state index contributed by atoms with van der Waals surface area (Å²) >= 11 is 0. The lowest BCUT2D eigenvalue weighted by Crippen LogP contribution is -2.04. The lowest BCUT2D eigenvalue weighted by molar-refractivity contribution is -0.159. The molecule has 0 saturated carbocycles. The molecule has 1 aromatic carbocycles. The molecular weight excluding hydrogens is 273 g/mol. The molecule has 7 heteroatoms. The number of benzene rings is 1. The van der Waals surface area contributed by atoms with Crippen LogP contribution in [0.2, 0.25) is 0 Å². The molecule has 0 aliphatic heterocycles. The predicted octanol–water partition coefficient (Wildman–Crippen LogP) is 3.93. The van der Waals surface area contributed by atoms with Gasteiger partial charge in [0, 0.05) is 5.56 Å². The first-order valence-electron chi connectivity index (χ1n) is 6.15. The molecule has 2 aromatic rings. The first kappa shape index (κ1) is 14.4. The van der Waals surface area contributed by atoms with Gasteiger partial charge in [-0.15, -0.1) is 0 Å². The number of hydrogen-bond donors (Lipinski definition) is 0. The number of rotatable bonds is 5. The molecular formula is C13H13F3N2O2. The molecule has 0 bridgehead atoms.